The maximum absolute atomic E-state index is 11.3. The number of fused-ring (bicyclic) bond motifs is 1. The maximum Gasteiger partial charge on any atom is 0.150 e. The molecule has 3 aromatic rings. The van der Waals surface area contributed by atoms with Gasteiger partial charge in [0.2, 0.25) is 0 Å². The molecule has 1 aliphatic rings. The van der Waals surface area contributed by atoms with Crippen LogP contribution in [0.3, 0.4) is 0 Å². The molecule has 0 radical (unpaired) electrons. The molecule has 0 N–H and O–H groups in total. The summed E-state index contributed by atoms with van der Waals surface area (Å²) in [4.78, 5) is 16.2. The van der Waals surface area contributed by atoms with Crippen LogP contribution in [0, 0.1) is 25.2 Å². The molecular weight excluding hydrogens is 344 g/mol. The Morgan fingerprint density at radius 2 is 1.93 bits per heavy atom. The van der Waals surface area contributed by atoms with Crippen molar-refractivity contribution in [2.75, 3.05) is 0 Å². The van der Waals surface area contributed by atoms with Gasteiger partial charge in [-0.25, -0.2) is 0 Å². The number of nitrogens with zero attached hydrogens (tertiary/aromatic N) is 2. The van der Waals surface area contributed by atoms with Crippen LogP contribution in [0.4, 0.5) is 0 Å². The van der Waals surface area contributed by atoms with Crippen LogP contribution < -0.4 is 0 Å². The highest BCUT2D eigenvalue weighted by Gasteiger charge is 2.42. The van der Waals surface area contributed by atoms with Crippen LogP contribution in [0.15, 0.2) is 54.6 Å². The molecule has 0 bridgehead atoms. The van der Waals surface area contributed by atoms with Crippen molar-refractivity contribution in [3.05, 3.63) is 88.2 Å². The van der Waals surface area contributed by atoms with Crippen LogP contribution in [-0.4, -0.2) is 11.3 Å². The number of pyridine rings is 1. The summed E-state index contributed by atoms with van der Waals surface area (Å²) in [5, 5.41) is 10.2. The number of hydrogen-bond donors (Lipinski definition) is 0. The summed E-state index contributed by atoms with van der Waals surface area (Å²) in [5.74, 6) is 0. The second-order valence-electron chi connectivity index (χ2n) is 7.62. The van der Waals surface area contributed by atoms with E-state index >= 15 is 0 Å². The third-order valence-corrected chi connectivity index (χ3v) is 5.91. The fourth-order valence-electron chi connectivity index (χ4n) is 4.36. The van der Waals surface area contributed by atoms with Gasteiger partial charge in [-0.1, -0.05) is 48.5 Å². The average Bonchev–Trinajstić information content (AvgIpc) is 3.07. The fourth-order valence-corrected chi connectivity index (χ4v) is 4.36. The second-order valence-corrected chi connectivity index (χ2v) is 7.62. The Labute approximate surface area is 165 Å². The minimum Gasteiger partial charge on any atom is -0.298 e. The van der Waals surface area contributed by atoms with Gasteiger partial charge in [0.15, 0.2) is 0 Å². The van der Waals surface area contributed by atoms with Gasteiger partial charge in [-0.05, 0) is 67.0 Å². The minimum atomic E-state index is -0.605. The predicted molar refractivity (Wildman–Crippen MR) is 110 cm³/mol. The van der Waals surface area contributed by atoms with Gasteiger partial charge in [-0.3, -0.25) is 9.78 Å². The number of carbonyl (C=O) groups is 1. The van der Waals surface area contributed by atoms with E-state index in [1.807, 2.05) is 49.4 Å². The Balaban J connectivity index is 1.90. The minimum absolute atomic E-state index is 0.605. The quantitative estimate of drug-likeness (QED) is 0.602. The van der Waals surface area contributed by atoms with Gasteiger partial charge in [-0.2, -0.15) is 5.26 Å². The van der Waals surface area contributed by atoms with Gasteiger partial charge in [0, 0.05) is 11.3 Å². The van der Waals surface area contributed by atoms with Crippen molar-refractivity contribution < 1.29 is 4.79 Å². The molecule has 0 saturated heterocycles. The Kier molecular flexibility index (Phi) is 4.57. The number of carbonyl (C=O) groups excluding carboxylic acids is 1. The third kappa shape index (κ3) is 2.92. The summed E-state index contributed by atoms with van der Waals surface area (Å²) in [6, 6.07) is 20.5. The molecule has 1 aromatic heterocycles. The number of nitriles is 1. The average molecular weight is 366 g/mol. The standard InChI is InChI=1S/C25H22N2O/c1-17-18(2)27-24-22(23(17)21-10-6-9-20(13-21)15-28)11-12-25(24,16-26)14-19-7-4-3-5-8-19/h3-10,13,15H,11-12,14H2,1-2H3/t25-/m0/s1. The van der Waals surface area contributed by atoms with Crippen molar-refractivity contribution in [3.8, 4) is 17.2 Å². The summed E-state index contributed by atoms with van der Waals surface area (Å²) < 4.78 is 0. The number of rotatable bonds is 4. The van der Waals surface area contributed by atoms with E-state index in [0.717, 1.165) is 58.3 Å². The molecule has 4 rings (SSSR count). The Morgan fingerprint density at radius 1 is 1.14 bits per heavy atom. The van der Waals surface area contributed by atoms with Crippen LogP contribution in [0.2, 0.25) is 0 Å². The summed E-state index contributed by atoms with van der Waals surface area (Å²) >= 11 is 0. The van der Waals surface area contributed by atoms with Crippen LogP contribution >= 0.6 is 0 Å². The summed E-state index contributed by atoms with van der Waals surface area (Å²) in [5.41, 5.74) is 7.50. The van der Waals surface area contributed by atoms with E-state index in [9.17, 15) is 10.1 Å². The third-order valence-electron chi connectivity index (χ3n) is 5.91. The highest BCUT2D eigenvalue weighted by Crippen LogP contribution is 2.45. The van der Waals surface area contributed by atoms with Gasteiger partial charge in [0.25, 0.3) is 0 Å². The van der Waals surface area contributed by atoms with E-state index in [0.29, 0.717) is 12.0 Å². The van der Waals surface area contributed by atoms with Crippen molar-refractivity contribution in [1.82, 2.24) is 4.98 Å². The molecule has 1 aliphatic carbocycles. The molecule has 3 nitrogen and oxygen atoms in total. The van der Waals surface area contributed by atoms with Crippen molar-refractivity contribution in [2.24, 2.45) is 0 Å². The molecule has 138 valence electrons. The molecule has 0 spiro atoms. The topological polar surface area (TPSA) is 53.8 Å². The Hall–Kier alpha value is -3.25. The fraction of sp³-hybridized carbons (Fsp3) is 0.240. The molecule has 2 aromatic carbocycles. The second kappa shape index (κ2) is 7.05. The molecular formula is C25H22N2O. The lowest BCUT2D eigenvalue weighted by Crippen LogP contribution is -2.25. The lowest BCUT2D eigenvalue weighted by Gasteiger charge is -2.23. The molecule has 0 fully saturated rings. The normalized spacial score (nSPS) is 17.8. The number of hydrogen-bond acceptors (Lipinski definition) is 3. The van der Waals surface area contributed by atoms with E-state index < -0.39 is 5.41 Å². The zero-order valence-corrected chi connectivity index (χ0v) is 16.2. The first kappa shape index (κ1) is 18.1. The highest BCUT2D eigenvalue weighted by molar-refractivity contribution is 5.81. The lowest BCUT2D eigenvalue weighted by atomic mass is 9.80. The van der Waals surface area contributed by atoms with E-state index in [4.69, 9.17) is 4.98 Å². The molecule has 1 atom stereocenters. The number of aryl methyl sites for hydroxylation is 1. The molecule has 0 amide bonds. The summed E-state index contributed by atoms with van der Waals surface area (Å²) in [6.45, 7) is 4.08. The first-order valence-electron chi connectivity index (χ1n) is 9.59. The maximum atomic E-state index is 11.3. The molecule has 0 saturated carbocycles. The first-order chi connectivity index (χ1) is 13.6. The smallest absolute Gasteiger partial charge is 0.150 e. The lowest BCUT2D eigenvalue weighted by molar-refractivity contribution is 0.112. The molecule has 1 heterocycles. The van der Waals surface area contributed by atoms with Crippen LogP contribution in [0.5, 0.6) is 0 Å². The molecule has 0 unspecified atom stereocenters. The molecule has 3 heteroatoms. The largest absolute Gasteiger partial charge is 0.298 e. The predicted octanol–water partition coefficient (Wildman–Crippen LogP) is 5.13. The van der Waals surface area contributed by atoms with Crippen molar-refractivity contribution in [3.63, 3.8) is 0 Å². The van der Waals surface area contributed by atoms with Crippen molar-refractivity contribution >= 4 is 6.29 Å². The number of aldehydes is 1. The van der Waals surface area contributed by atoms with Crippen LogP contribution in [0.1, 0.15) is 44.9 Å². The first-order valence-corrected chi connectivity index (χ1v) is 9.59. The van der Waals surface area contributed by atoms with Crippen LogP contribution in [0.25, 0.3) is 11.1 Å². The molecule has 28 heavy (non-hydrogen) atoms. The van der Waals surface area contributed by atoms with E-state index in [2.05, 4.69) is 25.1 Å². The zero-order valence-electron chi connectivity index (χ0n) is 16.2. The van der Waals surface area contributed by atoms with Gasteiger partial charge < -0.3 is 0 Å². The van der Waals surface area contributed by atoms with E-state index in [-0.39, 0.29) is 0 Å². The van der Waals surface area contributed by atoms with Crippen LogP contribution in [-0.2, 0) is 18.3 Å². The number of benzene rings is 2. The van der Waals surface area contributed by atoms with Crippen molar-refractivity contribution in [1.29, 1.82) is 5.26 Å². The van der Waals surface area contributed by atoms with Gasteiger partial charge in [0.05, 0.1) is 11.8 Å². The Morgan fingerprint density at radius 3 is 2.64 bits per heavy atom. The highest BCUT2D eigenvalue weighted by atomic mass is 16.1. The monoisotopic (exact) mass is 366 g/mol. The van der Waals surface area contributed by atoms with E-state index in [1.165, 1.54) is 0 Å². The van der Waals surface area contributed by atoms with E-state index in [1.54, 1.807) is 0 Å². The van der Waals surface area contributed by atoms with Gasteiger partial charge in [0.1, 0.15) is 11.7 Å². The van der Waals surface area contributed by atoms with Crippen molar-refractivity contribution in [2.45, 2.75) is 38.5 Å². The number of aromatic nitrogens is 1. The van der Waals surface area contributed by atoms with Gasteiger partial charge >= 0.3 is 0 Å². The summed E-state index contributed by atoms with van der Waals surface area (Å²) in [7, 11) is 0. The SMILES string of the molecule is Cc1nc2c(c(-c3cccc(C=O)c3)c1C)CC[C@@]2(C#N)Cc1ccccc1. The Bertz CT molecular complexity index is 1100. The molecule has 0 aliphatic heterocycles. The van der Waals surface area contributed by atoms with Gasteiger partial charge in [-0.15, -0.1) is 0 Å². The summed E-state index contributed by atoms with van der Waals surface area (Å²) in [6.07, 6.45) is 3.14. The zero-order chi connectivity index (χ0) is 19.7.